The molecular weight excluding hydrogens is 468 g/mol. The fourth-order valence-electron chi connectivity index (χ4n) is 4.74. The molecule has 184 valence electrons. The van der Waals surface area contributed by atoms with Gasteiger partial charge in [-0.15, -0.1) is 23.4 Å². The van der Waals surface area contributed by atoms with E-state index < -0.39 is 18.3 Å². The molecule has 12 heteroatoms. The van der Waals surface area contributed by atoms with Gasteiger partial charge in [0, 0.05) is 30.9 Å². The lowest BCUT2D eigenvalue weighted by Crippen LogP contribution is -2.55. The second kappa shape index (κ2) is 8.91. The van der Waals surface area contributed by atoms with Crippen LogP contribution in [-0.2, 0) is 0 Å². The third-order valence-electron chi connectivity index (χ3n) is 6.48. The van der Waals surface area contributed by atoms with E-state index in [0.717, 1.165) is 19.0 Å². The van der Waals surface area contributed by atoms with E-state index >= 15 is 0 Å². The van der Waals surface area contributed by atoms with Crippen LogP contribution in [0.4, 0.5) is 23.4 Å². The number of halogens is 4. The molecule has 2 N–H and O–H groups in total. The maximum atomic E-state index is 14.9. The Morgan fingerprint density at radius 3 is 2.63 bits per heavy atom. The topological polar surface area (TPSA) is 96.3 Å². The Morgan fingerprint density at radius 1 is 1.09 bits per heavy atom. The lowest BCUT2D eigenvalue weighted by molar-refractivity contribution is -0.274. The van der Waals surface area contributed by atoms with Crippen molar-refractivity contribution >= 4 is 5.82 Å². The number of fused-ring (bicyclic) bond motifs is 2. The number of hydrogen-bond donors (Lipinski definition) is 2. The molecule has 2 aliphatic heterocycles. The van der Waals surface area contributed by atoms with Crippen LogP contribution in [-0.4, -0.2) is 63.0 Å². The summed E-state index contributed by atoms with van der Waals surface area (Å²) < 4.78 is 56.2. The number of hydrogen-bond acceptors (Lipinski definition) is 8. The number of nitrogens with zero attached hydrogens (tertiary/aromatic N) is 5. The summed E-state index contributed by atoms with van der Waals surface area (Å²) >= 11 is 0. The van der Waals surface area contributed by atoms with Crippen LogP contribution in [0, 0.1) is 0 Å². The third kappa shape index (κ3) is 4.83. The van der Waals surface area contributed by atoms with Gasteiger partial charge in [0.1, 0.15) is 17.7 Å². The van der Waals surface area contributed by atoms with Crippen LogP contribution in [0.25, 0.3) is 22.5 Å². The van der Waals surface area contributed by atoms with Crippen molar-refractivity contribution < 1.29 is 27.4 Å². The Bertz CT molecular complexity index is 1210. The van der Waals surface area contributed by atoms with Crippen LogP contribution in [0.2, 0.25) is 0 Å². The summed E-state index contributed by atoms with van der Waals surface area (Å²) in [6.45, 7) is 0. The Hall–Kier alpha value is -3.54. The lowest BCUT2D eigenvalue weighted by Gasteiger charge is -2.38. The van der Waals surface area contributed by atoms with E-state index in [-0.39, 0.29) is 29.2 Å². The molecule has 0 radical (unpaired) electrons. The Balaban J connectivity index is 1.33. The molecule has 4 atom stereocenters. The summed E-state index contributed by atoms with van der Waals surface area (Å²) in [5.41, 5.74) is 1.03. The number of aromatic nitrogens is 4. The first-order valence-corrected chi connectivity index (χ1v) is 11.0. The maximum absolute atomic E-state index is 14.9. The Morgan fingerprint density at radius 2 is 1.91 bits per heavy atom. The zero-order valence-electron chi connectivity index (χ0n) is 18.6. The Labute approximate surface area is 198 Å². The number of aromatic hydroxyl groups is 1. The predicted molar refractivity (Wildman–Crippen MR) is 118 cm³/mol. The third-order valence-corrected chi connectivity index (χ3v) is 6.48. The van der Waals surface area contributed by atoms with E-state index in [1.807, 2.05) is 0 Å². The van der Waals surface area contributed by atoms with E-state index in [2.05, 4.69) is 30.2 Å². The van der Waals surface area contributed by atoms with Crippen molar-refractivity contribution in [1.82, 2.24) is 25.5 Å². The average molecular weight is 490 g/mol. The van der Waals surface area contributed by atoms with Crippen molar-refractivity contribution in [3.05, 3.63) is 42.9 Å². The molecule has 3 aromatic rings. The summed E-state index contributed by atoms with van der Waals surface area (Å²) in [6, 6.07) is 5.48. The van der Waals surface area contributed by atoms with Gasteiger partial charge in [-0.05, 0) is 43.0 Å². The van der Waals surface area contributed by atoms with Gasteiger partial charge in [0.05, 0.1) is 24.0 Å². The van der Waals surface area contributed by atoms with Gasteiger partial charge in [0.25, 0.3) is 0 Å². The highest BCUT2D eigenvalue weighted by molar-refractivity contribution is 5.73. The van der Waals surface area contributed by atoms with Gasteiger partial charge < -0.3 is 20.1 Å². The molecule has 2 fully saturated rings. The van der Waals surface area contributed by atoms with Crippen LogP contribution in [0.1, 0.15) is 19.3 Å². The molecule has 2 bridgehead atoms. The van der Waals surface area contributed by atoms with Crippen LogP contribution < -0.4 is 15.0 Å². The molecule has 5 rings (SSSR count). The fraction of sp³-hybridized carbons (Fsp3) is 0.391. The number of rotatable bonds is 5. The molecule has 2 aromatic heterocycles. The van der Waals surface area contributed by atoms with Crippen molar-refractivity contribution in [2.75, 3.05) is 11.9 Å². The number of nitrogens with one attached hydrogen (secondary N) is 1. The average Bonchev–Trinajstić information content (AvgIpc) is 3.23. The molecular formula is C23H22F4N6O2. The van der Waals surface area contributed by atoms with Gasteiger partial charge in [-0.1, -0.05) is 6.07 Å². The van der Waals surface area contributed by atoms with E-state index in [1.54, 1.807) is 18.0 Å². The number of ether oxygens (including phenoxy) is 1. The van der Waals surface area contributed by atoms with Gasteiger partial charge in [0.15, 0.2) is 11.6 Å². The molecule has 8 nitrogen and oxygen atoms in total. The van der Waals surface area contributed by atoms with Crippen LogP contribution in [0.15, 0.2) is 42.9 Å². The van der Waals surface area contributed by atoms with Crippen LogP contribution in [0.5, 0.6) is 11.5 Å². The molecule has 0 saturated carbocycles. The SMILES string of the molecule is CN(c1cnc(-c2ccc(-c3cncc(OC(F)(F)F)c3)cc2O)nn1)[C@H]1C[C@H]2CC[C@@H](N2)[C@H]1F. The minimum atomic E-state index is -4.84. The summed E-state index contributed by atoms with van der Waals surface area (Å²) in [6.07, 6.45) is 0.376. The monoisotopic (exact) mass is 490 g/mol. The van der Waals surface area contributed by atoms with E-state index in [4.69, 9.17) is 0 Å². The second-order valence-electron chi connectivity index (χ2n) is 8.73. The number of piperidine rings is 1. The van der Waals surface area contributed by atoms with Crippen molar-refractivity contribution in [1.29, 1.82) is 0 Å². The number of pyridine rings is 1. The number of benzene rings is 1. The highest BCUT2D eigenvalue weighted by Gasteiger charge is 2.44. The molecule has 35 heavy (non-hydrogen) atoms. The van der Waals surface area contributed by atoms with Gasteiger partial charge >= 0.3 is 6.36 Å². The first-order valence-electron chi connectivity index (χ1n) is 11.0. The van der Waals surface area contributed by atoms with Gasteiger partial charge in [-0.3, -0.25) is 4.98 Å². The van der Waals surface area contributed by atoms with Crippen LogP contribution in [0.3, 0.4) is 0 Å². The number of anilines is 1. The number of phenolic OH excluding ortho intramolecular Hbond substituents is 1. The largest absolute Gasteiger partial charge is 0.573 e. The first-order chi connectivity index (χ1) is 16.7. The summed E-state index contributed by atoms with van der Waals surface area (Å²) in [5.74, 6) is -0.0820. The molecule has 2 saturated heterocycles. The molecule has 0 unspecified atom stereocenters. The van der Waals surface area contributed by atoms with Crippen molar-refractivity contribution in [2.45, 2.75) is 49.9 Å². The van der Waals surface area contributed by atoms with Gasteiger partial charge in [-0.2, -0.15) is 0 Å². The normalized spacial score (nSPS) is 23.8. The van der Waals surface area contributed by atoms with Crippen molar-refractivity contribution in [3.63, 3.8) is 0 Å². The number of phenols is 1. The standard InChI is InChI=1S/C23H22F4N6O2/c1-33(18-8-14-3-5-17(30-14)21(18)24)20-11-29-22(32-31-20)16-4-2-12(7-19(16)34)13-6-15(10-28-9-13)35-23(25,26)27/h2,4,6-7,9-11,14,17-18,21,30,34H,3,5,8H2,1H3/t14-,17-,18+,21-/m1/s1. The highest BCUT2D eigenvalue weighted by Crippen LogP contribution is 2.35. The fourth-order valence-corrected chi connectivity index (χ4v) is 4.74. The minimum Gasteiger partial charge on any atom is -0.507 e. The van der Waals surface area contributed by atoms with Gasteiger partial charge in [0.2, 0.25) is 0 Å². The zero-order chi connectivity index (χ0) is 24.7. The summed E-state index contributed by atoms with van der Waals surface area (Å²) in [4.78, 5) is 9.81. The highest BCUT2D eigenvalue weighted by atomic mass is 19.4. The van der Waals surface area contributed by atoms with Crippen molar-refractivity contribution in [2.24, 2.45) is 0 Å². The molecule has 0 aliphatic carbocycles. The van der Waals surface area contributed by atoms with E-state index in [0.29, 0.717) is 29.4 Å². The smallest absolute Gasteiger partial charge is 0.507 e. The van der Waals surface area contributed by atoms with Crippen molar-refractivity contribution in [3.8, 4) is 34.0 Å². The predicted octanol–water partition coefficient (Wildman–Crippen LogP) is 3.87. The molecule has 4 heterocycles. The van der Waals surface area contributed by atoms with Gasteiger partial charge in [-0.25, -0.2) is 9.37 Å². The minimum absolute atomic E-state index is 0.146. The Kier molecular flexibility index (Phi) is 5.91. The lowest BCUT2D eigenvalue weighted by atomic mass is 9.96. The van der Waals surface area contributed by atoms with E-state index in [1.165, 1.54) is 30.6 Å². The molecule has 1 aromatic carbocycles. The molecule has 0 amide bonds. The second-order valence-corrected chi connectivity index (χ2v) is 8.73. The number of alkyl halides is 4. The summed E-state index contributed by atoms with van der Waals surface area (Å²) in [5, 5.41) is 22.1. The quantitative estimate of drug-likeness (QED) is 0.521. The summed E-state index contributed by atoms with van der Waals surface area (Å²) in [7, 11) is 1.77. The molecule has 0 spiro atoms. The molecule has 2 aliphatic rings. The first kappa shape index (κ1) is 23.2. The zero-order valence-corrected chi connectivity index (χ0v) is 18.6. The van der Waals surface area contributed by atoms with Crippen LogP contribution >= 0.6 is 0 Å². The maximum Gasteiger partial charge on any atom is 0.573 e. The van der Waals surface area contributed by atoms with E-state index in [9.17, 15) is 22.7 Å².